The normalized spacial score (nSPS) is 27.8. The van der Waals surface area contributed by atoms with Gasteiger partial charge in [-0.3, -0.25) is 0 Å². The standard InChI is InChI=1S/C10H18N2O/c1-8(2)7-13-12-10-5-3-4-9(10)6-11/h8-10,12H,3-5,7H2,1-2H3. The molecule has 1 aliphatic rings. The van der Waals surface area contributed by atoms with Crippen LogP contribution in [0.15, 0.2) is 0 Å². The first-order valence-electron chi connectivity index (χ1n) is 5.01. The van der Waals surface area contributed by atoms with E-state index in [-0.39, 0.29) is 12.0 Å². The van der Waals surface area contributed by atoms with Crippen LogP contribution in [0.3, 0.4) is 0 Å². The van der Waals surface area contributed by atoms with Crippen LogP contribution in [-0.2, 0) is 4.84 Å². The monoisotopic (exact) mass is 182 g/mol. The average molecular weight is 182 g/mol. The quantitative estimate of drug-likeness (QED) is 0.675. The van der Waals surface area contributed by atoms with Gasteiger partial charge in [0, 0.05) is 6.04 Å². The highest BCUT2D eigenvalue weighted by Crippen LogP contribution is 2.24. The molecule has 0 bridgehead atoms. The third kappa shape index (κ3) is 3.33. The van der Waals surface area contributed by atoms with Crippen molar-refractivity contribution in [3.05, 3.63) is 0 Å². The summed E-state index contributed by atoms with van der Waals surface area (Å²) in [4.78, 5) is 5.31. The van der Waals surface area contributed by atoms with E-state index in [2.05, 4.69) is 25.4 Å². The lowest BCUT2D eigenvalue weighted by atomic mass is 10.1. The fourth-order valence-corrected chi connectivity index (χ4v) is 1.58. The summed E-state index contributed by atoms with van der Waals surface area (Å²) in [5, 5.41) is 8.80. The zero-order valence-electron chi connectivity index (χ0n) is 8.42. The third-order valence-corrected chi connectivity index (χ3v) is 2.33. The van der Waals surface area contributed by atoms with E-state index in [1.54, 1.807) is 0 Å². The smallest absolute Gasteiger partial charge is 0.0705 e. The molecule has 0 saturated heterocycles. The van der Waals surface area contributed by atoms with Gasteiger partial charge >= 0.3 is 0 Å². The molecule has 3 nitrogen and oxygen atoms in total. The molecule has 0 spiro atoms. The lowest BCUT2D eigenvalue weighted by Gasteiger charge is -2.16. The Balaban J connectivity index is 2.17. The predicted octanol–water partition coefficient (Wildman–Crippen LogP) is 1.86. The van der Waals surface area contributed by atoms with Crippen LogP contribution in [0.1, 0.15) is 33.1 Å². The molecular formula is C10H18N2O. The maximum Gasteiger partial charge on any atom is 0.0705 e. The third-order valence-electron chi connectivity index (χ3n) is 2.33. The predicted molar refractivity (Wildman–Crippen MR) is 50.7 cm³/mol. The Morgan fingerprint density at radius 1 is 1.54 bits per heavy atom. The van der Waals surface area contributed by atoms with Gasteiger partial charge in [-0.05, 0) is 18.8 Å². The molecule has 2 atom stereocenters. The van der Waals surface area contributed by atoms with E-state index < -0.39 is 0 Å². The molecule has 0 aromatic rings. The minimum absolute atomic E-state index is 0.146. The number of nitriles is 1. The van der Waals surface area contributed by atoms with Gasteiger partial charge in [0.2, 0.25) is 0 Å². The molecule has 1 saturated carbocycles. The van der Waals surface area contributed by atoms with Crippen molar-refractivity contribution in [2.75, 3.05) is 6.61 Å². The maximum absolute atomic E-state index is 8.80. The second-order valence-corrected chi connectivity index (χ2v) is 4.10. The van der Waals surface area contributed by atoms with Crippen molar-refractivity contribution in [2.45, 2.75) is 39.2 Å². The van der Waals surface area contributed by atoms with Crippen LogP contribution in [-0.4, -0.2) is 12.6 Å². The molecule has 0 radical (unpaired) electrons. The fourth-order valence-electron chi connectivity index (χ4n) is 1.58. The van der Waals surface area contributed by atoms with Crippen molar-refractivity contribution in [2.24, 2.45) is 11.8 Å². The van der Waals surface area contributed by atoms with Crippen LogP contribution in [0.5, 0.6) is 0 Å². The molecule has 0 aliphatic heterocycles. The van der Waals surface area contributed by atoms with Crippen molar-refractivity contribution in [1.29, 1.82) is 5.26 Å². The Morgan fingerprint density at radius 2 is 2.31 bits per heavy atom. The van der Waals surface area contributed by atoms with E-state index in [0.717, 1.165) is 19.3 Å². The van der Waals surface area contributed by atoms with E-state index in [0.29, 0.717) is 12.5 Å². The van der Waals surface area contributed by atoms with Crippen molar-refractivity contribution >= 4 is 0 Å². The zero-order valence-corrected chi connectivity index (χ0v) is 8.42. The van der Waals surface area contributed by atoms with Gasteiger partial charge in [0.15, 0.2) is 0 Å². The Labute approximate surface area is 80.0 Å². The Hall–Kier alpha value is -0.590. The number of hydroxylamine groups is 1. The molecule has 13 heavy (non-hydrogen) atoms. The number of hydrogen-bond acceptors (Lipinski definition) is 3. The lowest BCUT2D eigenvalue weighted by molar-refractivity contribution is -0.00292. The first kappa shape index (κ1) is 10.5. The van der Waals surface area contributed by atoms with Crippen LogP contribution in [0.25, 0.3) is 0 Å². The van der Waals surface area contributed by atoms with E-state index in [9.17, 15) is 0 Å². The molecule has 3 heteroatoms. The van der Waals surface area contributed by atoms with Crippen molar-refractivity contribution in [3.8, 4) is 6.07 Å². The molecule has 1 N–H and O–H groups in total. The number of nitrogens with one attached hydrogen (secondary N) is 1. The van der Waals surface area contributed by atoms with Crippen LogP contribution in [0.4, 0.5) is 0 Å². The van der Waals surface area contributed by atoms with Crippen molar-refractivity contribution in [3.63, 3.8) is 0 Å². The van der Waals surface area contributed by atoms with Gasteiger partial charge in [-0.15, -0.1) is 0 Å². The van der Waals surface area contributed by atoms with Gasteiger partial charge in [-0.25, -0.2) is 0 Å². The molecular weight excluding hydrogens is 164 g/mol. The van der Waals surface area contributed by atoms with Gasteiger partial charge in [-0.2, -0.15) is 10.7 Å². The Kier molecular flexibility index (Phi) is 4.20. The van der Waals surface area contributed by atoms with E-state index in [1.165, 1.54) is 0 Å². The van der Waals surface area contributed by atoms with E-state index in [4.69, 9.17) is 10.1 Å². The van der Waals surface area contributed by atoms with Crippen molar-refractivity contribution in [1.82, 2.24) is 5.48 Å². The second kappa shape index (κ2) is 5.21. The van der Waals surface area contributed by atoms with Crippen molar-refractivity contribution < 1.29 is 4.84 Å². The number of nitrogens with zero attached hydrogens (tertiary/aromatic N) is 1. The number of rotatable bonds is 4. The Morgan fingerprint density at radius 3 is 2.92 bits per heavy atom. The summed E-state index contributed by atoms with van der Waals surface area (Å²) in [6.07, 6.45) is 3.22. The van der Waals surface area contributed by atoms with Gasteiger partial charge in [0.1, 0.15) is 0 Å². The first-order valence-corrected chi connectivity index (χ1v) is 5.01. The zero-order chi connectivity index (χ0) is 9.68. The van der Waals surface area contributed by atoms with E-state index >= 15 is 0 Å². The summed E-state index contributed by atoms with van der Waals surface area (Å²) >= 11 is 0. The van der Waals surface area contributed by atoms with Crippen LogP contribution in [0, 0.1) is 23.2 Å². The fraction of sp³-hybridized carbons (Fsp3) is 0.900. The van der Waals surface area contributed by atoms with Crippen LogP contribution >= 0.6 is 0 Å². The molecule has 1 aliphatic carbocycles. The SMILES string of the molecule is CC(C)CONC1CCCC1C#N. The summed E-state index contributed by atoms with van der Waals surface area (Å²) in [5.41, 5.74) is 2.99. The molecule has 0 amide bonds. The summed E-state index contributed by atoms with van der Waals surface area (Å²) < 4.78 is 0. The molecule has 0 aromatic heterocycles. The summed E-state index contributed by atoms with van der Waals surface area (Å²) in [6.45, 7) is 4.94. The average Bonchev–Trinajstić information content (AvgIpc) is 2.51. The number of hydrogen-bond donors (Lipinski definition) is 1. The second-order valence-electron chi connectivity index (χ2n) is 4.10. The van der Waals surface area contributed by atoms with Gasteiger partial charge in [0.05, 0.1) is 18.6 Å². The lowest BCUT2D eigenvalue weighted by Crippen LogP contribution is -2.32. The minimum Gasteiger partial charge on any atom is -0.301 e. The summed E-state index contributed by atoms with van der Waals surface area (Å²) in [6, 6.07) is 2.56. The van der Waals surface area contributed by atoms with E-state index in [1.807, 2.05) is 0 Å². The van der Waals surface area contributed by atoms with Gasteiger partial charge < -0.3 is 4.84 Å². The summed E-state index contributed by atoms with van der Waals surface area (Å²) in [7, 11) is 0. The maximum atomic E-state index is 8.80. The minimum atomic E-state index is 0.146. The van der Waals surface area contributed by atoms with Crippen LogP contribution < -0.4 is 5.48 Å². The summed E-state index contributed by atoms with van der Waals surface area (Å²) in [5.74, 6) is 0.682. The molecule has 1 fully saturated rings. The molecule has 0 aromatic carbocycles. The van der Waals surface area contributed by atoms with Gasteiger partial charge in [0.25, 0.3) is 0 Å². The topological polar surface area (TPSA) is 45.0 Å². The highest BCUT2D eigenvalue weighted by Gasteiger charge is 2.26. The van der Waals surface area contributed by atoms with Crippen LogP contribution in [0.2, 0.25) is 0 Å². The molecule has 0 heterocycles. The highest BCUT2D eigenvalue weighted by atomic mass is 16.6. The molecule has 2 unspecified atom stereocenters. The molecule has 1 rings (SSSR count). The largest absolute Gasteiger partial charge is 0.301 e. The molecule has 74 valence electrons. The first-order chi connectivity index (χ1) is 6.24. The Bertz CT molecular complexity index is 186. The van der Waals surface area contributed by atoms with Gasteiger partial charge in [-0.1, -0.05) is 20.3 Å². The highest BCUT2D eigenvalue weighted by molar-refractivity contribution is 4.95.